The molecule has 0 aliphatic rings. The summed E-state index contributed by atoms with van der Waals surface area (Å²) in [6, 6.07) is 8.27. The molecule has 0 radical (unpaired) electrons. The molecule has 0 unspecified atom stereocenters. The van der Waals surface area contributed by atoms with Crippen molar-refractivity contribution in [1.82, 2.24) is 4.90 Å². The van der Waals surface area contributed by atoms with Crippen LogP contribution in [0, 0.1) is 0 Å². The van der Waals surface area contributed by atoms with E-state index in [1.807, 2.05) is 19.9 Å². The minimum absolute atomic E-state index is 0.0360. The third kappa shape index (κ3) is 5.02. The molecule has 0 aliphatic heterocycles. The number of ether oxygens (including phenoxy) is 2. The number of hydrogen-bond donors (Lipinski definition) is 1. The molecule has 1 N–H and O–H groups in total. The minimum atomic E-state index is -1.09. The highest BCUT2D eigenvalue weighted by Gasteiger charge is 2.22. The van der Waals surface area contributed by atoms with Crippen LogP contribution in [-0.4, -0.2) is 41.1 Å². The second-order valence-corrected chi connectivity index (χ2v) is 5.88. The summed E-state index contributed by atoms with van der Waals surface area (Å²) < 4.78 is 16.1. The standard InChI is InChI=1S/C19H23NO6/c1-4-24-17-10-14(7-8-16(17)26-12-18(21)22)19(23)20(13(2)3)11-15-6-5-9-25-15/h5-10,13H,4,11-12H2,1-3H3,(H,21,22). The molecule has 140 valence electrons. The van der Waals surface area contributed by atoms with E-state index in [2.05, 4.69) is 0 Å². The summed E-state index contributed by atoms with van der Waals surface area (Å²) in [7, 11) is 0. The molecule has 0 aliphatic carbocycles. The fourth-order valence-electron chi connectivity index (χ4n) is 2.39. The van der Waals surface area contributed by atoms with Crippen molar-refractivity contribution in [1.29, 1.82) is 0 Å². The van der Waals surface area contributed by atoms with Crippen molar-refractivity contribution in [3.63, 3.8) is 0 Å². The van der Waals surface area contributed by atoms with E-state index in [1.165, 1.54) is 0 Å². The number of carboxylic acids is 1. The molecule has 0 saturated heterocycles. The molecule has 26 heavy (non-hydrogen) atoms. The summed E-state index contributed by atoms with van der Waals surface area (Å²) in [6.45, 7) is 5.88. The number of furan rings is 1. The Bertz CT molecular complexity index is 738. The lowest BCUT2D eigenvalue weighted by Gasteiger charge is -2.26. The van der Waals surface area contributed by atoms with Crippen molar-refractivity contribution in [2.45, 2.75) is 33.4 Å². The molecule has 1 heterocycles. The topological polar surface area (TPSA) is 89.2 Å². The molecule has 0 fully saturated rings. The predicted octanol–water partition coefficient (Wildman–Crippen LogP) is 3.19. The number of amides is 1. The molecule has 2 rings (SSSR count). The minimum Gasteiger partial charge on any atom is -0.490 e. The monoisotopic (exact) mass is 361 g/mol. The summed E-state index contributed by atoms with van der Waals surface area (Å²) in [5, 5.41) is 8.76. The smallest absolute Gasteiger partial charge is 0.341 e. The Morgan fingerprint density at radius 1 is 1.19 bits per heavy atom. The second kappa shape index (κ2) is 8.94. The largest absolute Gasteiger partial charge is 0.490 e. The Morgan fingerprint density at radius 2 is 1.96 bits per heavy atom. The first-order valence-corrected chi connectivity index (χ1v) is 8.37. The summed E-state index contributed by atoms with van der Waals surface area (Å²) in [6.07, 6.45) is 1.57. The lowest BCUT2D eigenvalue weighted by molar-refractivity contribution is -0.139. The molecule has 1 aromatic heterocycles. The lowest BCUT2D eigenvalue weighted by atomic mass is 10.1. The Balaban J connectivity index is 2.25. The molecule has 0 saturated carbocycles. The van der Waals surface area contributed by atoms with E-state index in [1.54, 1.807) is 42.4 Å². The molecule has 0 bridgehead atoms. The number of rotatable bonds is 9. The van der Waals surface area contributed by atoms with Crippen LogP contribution in [0.25, 0.3) is 0 Å². The van der Waals surface area contributed by atoms with Crippen LogP contribution in [0.3, 0.4) is 0 Å². The van der Waals surface area contributed by atoms with Crippen LogP contribution >= 0.6 is 0 Å². The van der Waals surface area contributed by atoms with Gasteiger partial charge in [-0.2, -0.15) is 0 Å². The van der Waals surface area contributed by atoms with E-state index in [9.17, 15) is 9.59 Å². The summed E-state index contributed by atoms with van der Waals surface area (Å²) in [5.41, 5.74) is 0.427. The first-order valence-electron chi connectivity index (χ1n) is 8.37. The van der Waals surface area contributed by atoms with Crippen LogP contribution in [0.5, 0.6) is 11.5 Å². The van der Waals surface area contributed by atoms with Crippen LogP contribution in [0.2, 0.25) is 0 Å². The first-order chi connectivity index (χ1) is 12.4. The number of carboxylic acid groups (broad SMARTS) is 1. The normalized spacial score (nSPS) is 10.6. The maximum atomic E-state index is 12.9. The third-order valence-electron chi connectivity index (χ3n) is 3.63. The van der Waals surface area contributed by atoms with E-state index < -0.39 is 12.6 Å². The van der Waals surface area contributed by atoms with Gasteiger partial charge in [0.05, 0.1) is 19.4 Å². The van der Waals surface area contributed by atoms with Gasteiger partial charge in [0.15, 0.2) is 18.1 Å². The van der Waals surface area contributed by atoms with Gasteiger partial charge in [0.25, 0.3) is 5.91 Å². The van der Waals surface area contributed by atoms with Gasteiger partial charge in [-0.1, -0.05) is 0 Å². The maximum absolute atomic E-state index is 12.9. The molecule has 7 nitrogen and oxygen atoms in total. The molecular formula is C19H23NO6. The van der Waals surface area contributed by atoms with Crippen LogP contribution in [-0.2, 0) is 11.3 Å². The number of benzene rings is 1. The van der Waals surface area contributed by atoms with Gasteiger partial charge in [-0.3, -0.25) is 4.79 Å². The highest BCUT2D eigenvalue weighted by atomic mass is 16.5. The third-order valence-corrected chi connectivity index (χ3v) is 3.63. The lowest BCUT2D eigenvalue weighted by Crippen LogP contribution is -2.36. The highest BCUT2D eigenvalue weighted by molar-refractivity contribution is 5.95. The molecule has 0 atom stereocenters. The van der Waals surface area contributed by atoms with Crippen molar-refractivity contribution in [3.8, 4) is 11.5 Å². The van der Waals surface area contributed by atoms with Crippen LogP contribution in [0.15, 0.2) is 41.0 Å². The highest BCUT2D eigenvalue weighted by Crippen LogP contribution is 2.29. The van der Waals surface area contributed by atoms with E-state index in [0.29, 0.717) is 30.2 Å². The van der Waals surface area contributed by atoms with Crippen LogP contribution in [0.1, 0.15) is 36.9 Å². The van der Waals surface area contributed by atoms with Gasteiger partial charge in [-0.25, -0.2) is 4.79 Å². The zero-order valence-corrected chi connectivity index (χ0v) is 15.1. The summed E-state index contributed by atoms with van der Waals surface area (Å²) in [5.74, 6) is 0.0481. The van der Waals surface area contributed by atoms with E-state index in [0.717, 1.165) is 0 Å². The van der Waals surface area contributed by atoms with Gasteiger partial charge < -0.3 is 23.9 Å². The number of nitrogens with zero attached hydrogens (tertiary/aromatic N) is 1. The van der Waals surface area contributed by atoms with Gasteiger partial charge in [0, 0.05) is 11.6 Å². The zero-order valence-electron chi connectivity index (χ0n) is 15.1. The van der Waals surface area contributed by atoms with Crippen molar-refractivity contribution in [2.75, 3.05) is 13.2 Å². The number of carbonyl (C=O) groups excluding carboxylic acids is 1. The molecule has 0 spiro atoms. The quantitative estimate of drug-likeness (QED) is 0.738. The Hall–Kier alpha value is -2.96. The molecule has 2 aromatic rings. The average molecular weight is 361 g/mol. The molecular weight excluding hydrogens is 338 g/mol. The van der Waals surface area contributed by atoms with Gasteiger partial charge in [-0.05, 0) is 51.1 Å². The average Bonchev–Trinajstić information content (AvgIpc) is 3.11. The Kier molecular flexibility index (Phi) is 6.66. The SMILES string of the molecule is CCOc1cc(C(=O)N(Cc2ccco2)C(C)C)ccc1OCC(=O)O. The molecule has 1 amide bonds. The van der Waals surface area contributed by atoms with E-state index in [4.69, 9.17) is 19.0 Å². The van der Waals surface area contributed by atoms with Crippen molar-refractivity contribution in [2.24, 2.45) is 0 Å². The fourth-order valence-corrected chi connectivity index (χ4v) is 2.39. The zero-order chi connectivity index (χ0) is 19.1. The maximum Gasteiger partial charge on any atom is 0.341 e. The fraction of sp³-hybridized carbons (Fsp3) is 0.368. The van der Waals surface area contributed by atoms with Gasteiger partial charge in [0.2, 0.25) is 0 Å². The van der Waals surface area contributed by atoms with Crippen molar-refractivity contribution < 1.29 is 28.6 Å². The Labute approximate surface area is 152 Å². The van der Waals surface area contributed by atoms with Gasteiger partial charge in [-0.15, -0.1) is 0 Å². The predicted molar refractivity (Wildman–Crippen MR) is 94.5 cm³/mol. The van der Waals surface area contributed by atoms with Gasteiger partial charge in [0.1, 0.15) is 5.76 Å². The summed E-state index contributed by atoms with van der Waals surface area (Å²) >= 11 is 0. The number of carbonyl (C=O) groups is 2. The second-order valence-electron chi connectivity index (χ2n) is 5.88. The van der Waals surface area contributed by atoms with Crippen molar-refractivity contribution in [3.05, 3.63) is 47.9 Å². The number of hydrogen-bond acceptors (Lipinski definition) is 5. The van der Waals surface area contributed by atoms with Crippen molar-refractivity contribution >= 4 is 11.9 Å². The first kappa shape index (κ1) is 19.4. The van der Waals surface area contributed by atoms with Gasteiger partial charge >= 0.3 is 5.97 Å². The Morgan fingerprint density at radius 3 is 2.54 bits per heavy atom. The summed E-state index contributed by atoms with van der Waals surface area (Å²) in [4.78, 5) is 25.3. The molecule has 7 heteroatoms. The molecule has 1 aromatic carbocycles. The number of aliphatic carboxylic acids is 1. The van der Waals surface area contributed by atoms with E-state index in [-0.39, 0.29) is 17.7 Å². The van der Waals surface area contributed by atoms with E-state index >= 15 is 0 Å². The van der Waals surface area contributed by atoms with Crippen LogP contribution in [0.4, 0.5) is 0 Å². The van der Waals surface area contributed by atoms with Crippen LogP contribution < -0.4 is 9.47 Å².